The van der Waals surface area contributed by atoms with Crippen LogP contribution < -0.4 is 5.32 Å². The zero-order chi connectivity index (χ0) is 13.5. The number of hydrogen-bond acceptors (Lipinski definition) is 3. The number of thiophene rings is 1. The van der Waals surface area contributed by atoms with E-state index in [2.05, 4.69) is 42.4 Å². The first-order valence-corrected chi connectivity index (χ1v) is 8.56. The Balaban J connectivity index is 1.88. The molecule has 2 aliphatic rings. The number of aryl methyl sites for hydroxylation is 1. The van der Waals surface area contributed by atoms with Gasteiger partial charge in [-0.3, -0.25) is 4.90 Å². The molecule has 0 radical (unpaired) electrons. The molecule has 0 saturated carbocycles. The fourth-order valence-corrected chi connectivity index (χ4v) is 4.68. The molecule has 2 unspecified atom stereocenters. The van der Waals surface area contributed by atoms with Gasteiger partial charge < -0.3 is 5.32 Å². The molecule has 0 amide bonds. The second-order valence-corrected chi connectivity index (χ2v) is 7.71. The molecule has 2 heterocycles. The number of nitrogens with zero attached hydrogens (tertiary/aromatic N) is 1. The van der Waals surface area contributed by atoms with E-state index >= 15 is 0 Å². The molecule has 1 aliphatic heterocycles. The molecular weight excluding hydrogens is 252 g/mol. The summed E-state index contributed by atoms with van der Waals surface area (Å²) in [6.45, 7) is 9.31. The number of nitrogens with one attached hydrogen (secondary N) is 1. The number of rotatable bonds is 2. The Morgan fingerprint density at radius 3 is 3.11 bits per heavy atom. The summed E-state index contributed by atoms with van der Waals surface area (Å²) in [5, 5.41) is 6.00. The van der Waals surface area contributed by atoms with Crippen LogP contribution in [0.2, 0.25) is 0 Å². The molecule has 1 N–H and O–H groups in total. The van der Waals surface area contributed by atoms with Crippen LogP contribution in [0.15, 0.2) is 11.4 Å². The lowest BCUT2D eigenvalue weighted by molar-refractivity contribution is 0.0443. The fourth-order valence-electron chi connectivity index (χ4n) is 3.70. The van der Waals surface area contributed by atoms with Crippen LogP contribution in [0.25, 0.3) is 0 Å². The molecule has 2 nitrogen and oxygen atoms in total. The van der Waals surface area contributed by atoms with E-state index in [-0.39, 0.29) is 5.54 Å². The fraction of sp³-hybridized carbons (Fsp3) is 0.750. The van der Waals surface area contributed by atoms with E-state index in [4.69, 9.17) is 0 Å². The summed E-state index contributed by atoms with van der Waals surface area (Å²) in [4.78, 5) is 4.43. The van der Waals surface area contributed by atoms with Crippen molar-refractivity contribution in [3.05, 3.63) is 21.9 Å². The average Bonchev–Trinajstić information content (AvgIpc) is 2.85. The highest BCUT2D eigenvalue weighted by Gasteiger charge is 2.37. The monoisotopic (exact) mass is 278 g/mol. The van der Waals surface area contributed by atoms with E-state index in [9.17, 15) is 0 Å². The minimum atomic E-state index is 0.249. The van der Waals surface area contributed by atoms with Crippen LogP contribution >= 0.6 is 11.3 Å². The molecule has 1 aromatic heterocycles. The highest BCUT2D eigenvalue weighted by atomic mass is 32.1. The summed E-state index contributed by atoms with van der Waals surface area (Å²) in [6, 6.07) is 3.75. The predicted octanol–water partition coefficient (Wildman–Crippen LogP) is 3.59. The smallest absolute Gasteiger partial charge is 0.0363 e. The predicted molar refractivity (Wildman–Crippen MR) is 82.9 cm³/mol. The van der Waals surface area contributed by atoms with Crippen LogP contribution in [0.3, 0.4) is 0 Å². The molecule has 1 aromatic rings. The molecule has 0 spiro atoms. The average molecular weight is 278 g/mol. The number of piperazine rings is 1. The Morgan fingerprint density at radius 2 is 2.32 bits per heavy atom. The minimum Gasteiger partial charge on any atom is -0.309 e. The standard InChI is InChI=1S/C16H26N2S/c1-4-12-10-17-16(2,3)11-18(12)14-6-5-7-15-13(14)8-9-19-15/h8-9,12,14,17H,4-7,10-11H2,1-3H3. The molecule has 1 aliphatic carbocycles. The third-order valence-corrected chi connectivity index (χ3v) is 5.75. The summed E-state index contributed by atoms with van der Waals surface area (Å²) in [6.07, 6.45) is 5.25. The van der Waals surface area contributed by atoms with E-state index in [1.807, 2.05) is 11.3 Å². The normalized spacial score (nSPS) is 31.1. The molecular formula is C16H26N2S. The van der Waals surface area contributed by atoms with Crippen molar-refractivity contribution in [3.8, 4) is 0 Å². The summed E-state index contributed by atoms with van der Waals surface area (Å²) in [7, 11) is 0. The lowest BCUT2D eigenvalue weighted by atomic mass is 9.88. The van der Waals surface area contributed by atoms with Crippen molar-refractivity contribution in [1.29, 1.82) is 0 Å². The summed E-state index contributed by atoms with van der Waals surface area (Å²) >= 11 is 1.96. The SMILES string of the molecule is CCC1CNC(C)(C)CN1C1CCCc2sccc21. The summed E-state index contributed by atoms with van der Waals surface area (Å²) in [5.41, 5.74) is 1.88. The van der Waals surface area contributed by atoms with Gasteiger partial charge in [-0.15, -0.1) is 11.3 Å². The van der Waals surface area contributed by atoms with Gasteiger partial charge in [-0.05, 0) is 56.5 Å². The number of hydrogen-bond donors (Lipinski definition) is 1. The van der Waals surface area contributed by atoms with Gasteiger partial charge in [-0.2, -0.15) is 0 Å². The summed E-state index contributed by atoms with van der Waals surface area (Å²) in [5.74, 6) is 0. The molecule has 0 bridgehead atoms. The molecule has 19 heavy (non-hydrogen) atoms. The topological polar surface area (TPSA) is 15.3 Å². The maximum atomic E-state index is 3.71. The lowest BCUT2D eigenvalue weighted by Gasteiger charge is -2.49. The Morgan fingerprint density at radius 1 is 1.47 bits per heavy atom. The summed E-state index contributed by atoms with van der Waals surface area (Å²) < 4.78 is 0. The Hall–Kier alpha value is -0.380. The van der Waals surface area contributed by atoms with Gasteiger partial charge in [0.05, 0.1) is 0 Å². The third-order valence-electron chi connectivity index (χ3n) is 4.75. The Kier molecular flexibility index (Phi) is 3.71. The van der Waals surface area contributed by atoms with Crippen molar-refractivity contribution in [3.63, 3.8) is 0 Å². The molecule has 1 fully saturated rings. The van der Waals surface area contributed by atoms with Gasteiger partial charge in [-0.1, -0.05) is 6.92 Å². The maximum absolute atomic E-state index is 3.71. The largest absolute Gasteiger partial charge is 0.309 e. The van der Waals surface area contributed by atoms with Crippen molar-refractivity contribution in [2.75, 3.05) is 13.1 Å². The van der Waals surface area contributed by atoms with Crippen LogP contribution in [0.5, 0.6) is 0 Å². The number of fused-ring (bicyclic) bond motifs is 1. The van der Waals surface area contributed by atoms with Crippen LogP contribution in [-0.2, 0) is 6.42 Å². The second-order valence-electron chi connectivity index (χ2n) is 6.71. The van der Waals surface area contributed by atoms with E-state index in [0.29, 0.717) is 12.1 Å². The second kappa shape index (κ2) is 5.19. The first-order chi connectivity index (χ1) is 9.11. The van der Waals surface area contributed by atoms with Crippen LogP contribution in [0.1, 0.15) is 56.5 Å². The zero-order valence-corrected chi connectivity index (χ0v) is 13.2. The quantitative estimate of drug-likeness (QED) is 0.889. The van der Waals surface area contributed by atoms with Gasteiger partial charge in [0, 0.05) is 35.6 Å². The van der Waals surface area contributed by atoms with E-state index in [1.54, 1.807) is 10.4 Å². The molecule has 3 rings (SSSR count). The van der Waals surface area contributed by atoms with Crippen molar-refractivity contribution in [2.45, 2.75) is 64.1 Å². The van der Waals surface area contributed by atoms with Crippen molar-refractivity contribution < 1.29 is 0 Å². The first kappa shape index (κ1) is 13.6. The molecule has 3 heteroatoms. The molecule has 2 atom stereocenters. The van der Waals surface area contributed by atoms with Gasteiger partial charge >= 0.3 is 0 Å². The van der Waals surface area contributed by atoms with E-state index in [0.717, 1.165) is 6.54 Å². The van der Waals surface area contributed by atoms with Gasteiger partial charge in [0.1, 0.15) is 0 Å². The van der Waals surface area contributed by atoms with Crippen molar-refractivity contribution in [1.82, 2.24) is 10.2 Å². The maximum Gasteiger partial charge on any atom is 0.0363 e. The van der Waals surface area contributed by atoms with Crippen LogP contribution in [0.4, 0.5) is 0 Å². The third kappa shape index (κ3) is 2.61. The Bertz CT molecular complexity index is 438. The van der Waals surface area contributed by atoms with E-state index < -0.39 is 0 Å². The lowest BCUT2D eigenvalue weighted by Crippen LogP contribution is -2.62. The van der Waals surface area contributed by atoms with Gasteiger partial charge in [-0.25, -0.2) is 0 Å². The highest BCUT2D eigenvalue weighted by molar-refractivity contribution is 7.10. The van der Waals surface area contributed by atoms with Gasteiger partial charge in [0.2, 0.25) is 0 Å². The van der Waals surface area contributed by atoms with Crippen molar-refractivity contribution in [2.24, 2.45) is 0 Å². The molecule has 0 aromatic carbocycles. The van der Waals surface area contributed by atoms with Crippen LogP contribution in [-0.4, -0.2) is 29.6 Å². The minimum absolute atomic E-state index is 0.249. The van der Waals surface area contributed by atoms with Crippen molar-refractivity contribution >= 4 is 11.3 Å². The molecule has 1 saturated heterocycles. The zero-order valence-electron chi connectivity index (χ0n) is 12.4. The van der Waals surface area contributed by atoms with Crippen LogP contribution in [0, 0.1) is 0 Å². The van der Waals surface area contributed by atoms with Gasteiger partial charge in [0.25, 0.3) is 0 Å². The van der Waals surface area contributed by atoms with Gasteiger partial charge in [0.15, 0.2) is 0 Å². The molecule has 106 valence electrons. The first-order valence-electron chi connectivity index (χ1n) is 7.68. The highest BCUT2D eigenvalue weighted by Crippen LogP contribution is 2.39. The van der Waals surface area contributed by atoms with E-state index in [1.165, 1.54) is 32.2 Å². The Labute approximate surface area is 121 Å².